The number of anilines is 1. The first-order valence-corrected chi connectivity index (χ1v) is 10.4. The Morgan fingerprint density at radius 2 is 1.74 bits per heavy atom. The van der Waals surface area contributed by atoms with Crippen LogP contribution in [0, 0.1) is 0 Å². The van der Waals surface area contributed by atoms with Crippen molar-refractivity contribution in [3.8, 4) is 17.0 Å². The maximum atomic E-state index is 12.1. The van der Waals surface area contributed by atoms with Gasteiger partial charge in [0.05, 0.1) is 10.6 Å². The molecule has 0 fully saturated rings. The highest BCUT2D eigenvalue weighted by Crippen LogP contribution is 2.26. The first-order chi connectivity index (χ1) is 12.9. The molecule has 3 aromatic rings. The van der Waals surface area contributed by atoms with Crippen LogP contribution in [0.4, 0.5) is 5.13 Å². The fourth-order valence-electron chi connectivity index (χ4n) is 2.31. The lowest BCUT2D eigenvalue weighted by Crippen LogP contribution is -2.22. The average molecular weight is 405 g/mol. The predicted molar refractivity (Wildman–Crippen MR) is 107 cm³/mol. The molecule has 0 aliphatic carbocycles. The van der Waals surface area contributed by atoms with Gasteiger partial charge in [0.2, 0.25) is 10.0 Å². The van der Waals surface area contributed by atoms with Crippen molar-refractivity contribution in [1.82, 2.24) is 14.7 Å². The molecular formula is C18H20N4O3S2. The Labute approximate surface area is 162 Å². The summed E-state index contributed by atoms with van der Waals surface area (Å²) in [5.41, 5.74) is 8.75. The van der Waals surface area contributed by atoms with Crippen molar-refractivity contribution >= 4 is 26.5 Å². The van der Waals surface area contributed by atoms with E-state index in [1.165, 1.54) is 29.7 Å². The van der Waals surface area contributed by atoms with Crippen LogP contribution in [0.15, 0.2) is 58.8 Å². The Morgan fingerprint density at radius 1 is 1.07 bits per heavy atom. The lowest BCUT2D eigenvalue weighted by atomic mass is 10.2. The zero-order valence-electron chi connectivity index (χ0n) is 14.9. The van der Waals surface area contributed by atoms with E-state index in [0.29, 0.717) is 11.7 Å². The Balaban J connectivity index is 1.62. The van der Waals surface area contributed by atoms with E-state index in [0.717, 1.165) is 16.8 Å². The van der Waals surface area contributed by atoms with Crippen LogP contribution >= 0.6 is 11.3 Å². The SMILES string of the molecule is CN(C)S(=O)(=O)c1ccc(-c2csc(NNCc3ccc(O)cc3)n2)cc1. The summed E-state index contributed by atoms with van der Waals surface area (Å²) in [6.07, 6.45) is 0. The number of benzene rings is 2. The molecule has 9 heteroatoms. The summed E-state index contributed by atoms with van der Waals surface area (Å²) >= 11 is 1.45. The largest absolute Gasteiger partial charge is 0.508 e. The number of hydrogen-bond donors (Lipinski definition) is 3. The Bertz CT molecular complexity index is 998. The van der Waals surface area contributed by atoms with Gasteiger partial charge in [0.15, 0.2) is 5.13 Å². The number of rotatable bonds is 7. The molecule has 0 aliphatic rings. The minimum Gasteiger partial charge on any atom is -0.508 e. The molecule has 0 saturated heterocycles. The van der Waals surface area contributed by atoms with Crippen molar-refractivity contribution in [2.24, 2.45) is 0 Å². The maximum absolute atomic E-state index is 12.1. The van der Waals surface area contributed by atoms with Crippen LogP contribution in [0.3, 0.4) is 0 Å². The van der Waals surface area contributed by atoms with Crippen LogP contribution in [-0.2, 0) is 16.6 Å². The zero-order valence-corrected chi connectivity index (χ0v) is 16.5. The lowest BCUT2D eigenvalue weighted by molar-refractivity contribution is 0.475. The number of phenols is 1. The van der Waals surface area contributed by atoms with Crippen LogP contribution in [0.25, 0.3) is 11.3 Å². The summed E-state index contributed by atoms with van der Waals surface area (Å²) in [5.74, 6) is 0.237. The summed E-state index contributed by atoms with van der Waals surface area (Å²) in [5, 5.41) is 11.9. The number of hydrogen-bond acceptors (Lipinski definition) is 7. The van der Waals surface area contributed by atoms with Crippen LogP contribution in [0.5, 0.6) is 5.75 Å². The summed E-state index contributed by atoms with van der Waals surface area (Å²) in [4.78, 5) is 4.75. The molecule has 0 atom stereocenters. The van der Waals surface area contributed by atoms with E-state index in [1.807, 2.05) is 17.5 Å². The van der Waals surface area contributed by atoms with Gasteiger partial charge >= 0.3 is 0 Å². The number of aromatic hydroxyl groups is 1. The molecule has 0 amide bonds. The summed E-state index contributed by atoms with van der Waals surface area (Å²) in [7, 11) is -0.421. The van der Waals surface area contributed by atoms with E-state index in [2.05, 4.69) is 15.8 Å². The van der Waals surface area contributed by atoms with Gasteiger partial charge in [-0.3, -0.25) is 5.43 Å². The van der Waals surface area contributed by atoms with E-state index in [9.17, 15) is 13.5 Å². The third-order valence-corrected chi connectivity index (χ3v) is 6.44. The fraction of sp³-hybridized carbons (Fsp3) is 0.167. The summed E-state index contributed by atoms with van der Waals surface area (Å²) in [6, 6.07) is 13.6. The normalized spacial score (nSPS) is 11.7. The number of thiazole rings is 1. The average Bonchev–Trinajstić information content (AvgIpc) is 3.12. The molecule has 1 aromatic heterocycles. The molecule has 0 saturated carbocycles. The number of nitrogens with one attached hydrogen (secondary N) is 2. The molecule has 1 heterocycles. The lowest BCUT2D eigenvalue weighted by Gasteiger charge is -2.11. The number of aromatic nitrogens is 1. The van der Waals surface area contributed by atoms with Gasteiger partial charge in [-0.05, 0) is 29.8 Å². The van der Waals surface area contributed by atoms with E-state index in [-0.39, 0.29) is 10.6 Å². The predicted octanol–water partition coefficient (Wildman–Crippen LogP) is 2.88. The highest BCUT2D eigenvalue weighted by Gasteiger charge is 2.17. The van der Waals surface area contributed by atoms with Gasteiger partial charge in [-0.15, -0.1) is 11.3 Å². The second-order valence-electron chi connectivity index (χ2n) is 5.99. The zero-order chi connectivity index (χ0) is 19.4. The second-order valence-corrected chi connectivity index (χ2v) is 9.00. The van der Waals surface area contributed by atoms with E-state index in [4.69, 9.17) is 0 Å². The smallest absolute Gasteiger partial charge is 0.242 e. The van der Waals surface area contributed by atoms with E-state index < -0.39 is 10.0 Å². The molecule has 3 N–H and O–H groups in total. The summed E-state index contributed by atoms with van der Waals surface area (Å²) in [6.45, 7) is 0.576. The number of nitrogens with zero attached hydrogens (tertiary/aromatic N) is 2. The maximum Gasteiger partial charge on any atom is 0.242 e. The van der Waals surface area contributed by atoms with Gasteiger partial charge in [-0.1, -0.05) is 24.3 Å². The molecule has 0 radical (unpaired) electrons. The Morgan fingerprint density at radius 3 is 2.37 bits per heavy atom. The summed E-state index contributed by atoms with van der Waals surface area (Å²) < 4.78 is 25.4. The topological polar surface area (TPSA) is 94.6 Å². The minimum absolute atomic E-state index is 0.237. The highest BCUT2D eigenvalue weighted by atomic mass is 32.2. The molecular weight excluding hydrogens is 384 g/mol. The third kappa shape index (κ3) is 4.64. The first-order valence-electron chi connectivity index (χ1n) is 8.11. The van der Waals surface area contributed by atoms with E-state index >= 15 is 0 Å². The Hall–Kier alpha value is -2.46. The van der Waals surface area contributed by atoms with Crippen molar-refractivity contribution in [2.45, 2.75) is 11.4 Å². The van der Waals surface area contributed by atoms with Crippen molar-refractivity contribution < 1.29 is 13.5 Å². The fourth-order valence-corrected chi connectivity index (χ4v) is 3.90. The standard InChI is InChI=1S/C18H20N4O3S2/c1-22(2)27(24,25)16-9-5-14(6-10-16)17-12-26-18(20-17)21-19-11-13-3-7-15(23)8-4-13/h3-10,12,19,23H,11H2,1-2H3,(H,20,21). The third-order valence-electron chi connectivity index (χ3n) is 3.86. The molecule has 27 heavy (non-hydrogen) atoms. The minimum atomic E-state index is -3.43. The van der Waals surface area contributed by atoms with Crippen molar-refractivity contribution in [1.29, 1.82) is 0 Å². The molecule has 3 rings (SSSR count). The van der Waals surface area contributed by atoms with Gasteiger partial charge < -0.3 is 5.11 Å². The molecule has 0 spiro atoms. The Kier molecular flexibility index (Phi) is 5.76. The van der Waals surface area contributed by atoms with Crippen LogP contribution in [0.1, 0.15) is 5.56 Å². The van der Waals surface area contributed by atoms with Gasteiger partial charge in [0.25, 0.3) is 0 Å². The van der Waals surface area contributed by atoms with Gasteiger partial charge in [-0.25, -0.2) is 23.1 Å². The molecule has 142 valence electrons. The van der Waals surface area contributed by atoms with Gasteiger partial charge in [0.1, 0.15) is 5.75 Å². The number of sulfonamides is 1. The second kappa shape index (κ2) is 8.05. The van der Waals surface area contributed by atoms with Crippen molar-refractivity contribution in [2.75, 3.05) is 19.5 Å². The highest BCUT2D eigenvalue weighted by molar-refractivity contribution is 7.89. The quantitative estimate of drug-likeness (QED) is 0.524. The van der Waals surface area contributed by atoms with Crippen LogP contribution < -0.4 is 10.9 Å². The van der Waals surface area contributed by atoms with Crippen LogP contribution in [0.2, 0.25) is 0 Å². The first kappa shape index (κ1) is 19.3. The van der Waals surface area contributed by atoms with Gasteiger partial charge in [0, 0.05) is 31.6 Å². The van der Waals surface area contributed by atoms with Crippen LogP contribution in [-0.4, -0.2) is 36.9 Å². The van der Waals surface area contributed by atoms with E-state index in [1.54, 1.807) is 36.4 Å². The van der Waals surface area contributed by atoms with Gasteiger partial charge in [-0.2, -0.15) is 0 Å². The monoisotopic (exact) mass is 404 g/mol. The molecule has 2 aromatic carbocycles. The number of phenolic OH excluding ortho intramolecular Hbond substituents is 1. The molecule has 0 aliphatic heterocycles. The molecule has 7 nitrogen and oxygen atoms in total. The molecule has 0 unspecified atom stereocenters. The van der Waals surface area contributed by atoms with Crippen molar-refractivity contribution in [3.63, 3.8) is 0 Å². The van der Waals surface area contributed by atoms with Crippen molar-refractivity contribution in [3.05, 3.63) is 59.5 Å². The molecule has 0 bridgehead atoms. The number of hydrazine groups is 1.